The quantitative estimate of drug-likeness (QED) is 0.144. The van der Waals surface area contributed by atoms with Crippen LogP contribution in [0.3, 0.4) is 0 Å². The molecule has 3 rings (SSSR count). The number of unbranched alkanes of at least 4 members (excludes halogenated alkanes) is 1. The highest BCUT2D eigenvalue weighted by molar-refractivity contribution is 5.93. The maximum atomic E-state index is 13.5. The second-order valence-electron chi connectivity index (χ2n) is 9.91. The first-order chi connectivity index (χ1) is 19.3. The van der Waals surface area contributed by atoms with E-state index in [4.69, 9.17) is 0 Å². The molecule has 3 N–H and O–H groups in total. The predicted molar refractivity (Wildman–Crippen MR) is 156 cm³/mol. The molecule has 2 aromatic rings. The third-order valence-electron chi connectivity index (χ3n) is 6.11. The Bertz CT molecular complexity index is 1260. The van der Waals surface area contributed by atoms with Crippen LogP contribution in [0, 0.1) is 23.6 Å². The molecule has 40 heavy (non-hydrogen) atoms. The van der Waals surface area contributed by atoms with E-state index in [-0.39, 0.29) is 17.6 Å². The number of halogens is 1. The Kier molecular flexibility index (Phi) is 11.7. The fourth-order valence-corrected chi connectivity index (χ4v) is 3.64. The molecule has 1 aliphatic rings. The molecule has 1 atom stereocenters. The van der Waals surface area contributed by atoms with Crippen LogP contribution in [-0.2, 0) is 9.59 Å². The molecule has 10 heteroatoms. The van der Waals surface area contributed by atoms with Crippen molar-refractivity contribution >= 4 is 29.3 Å². The number of carbonyl (C=O) groups is 2. The van der Waals surface area contributed by atoms with Crippen molar-refractivity contribution in [1.82, 2.24) is 25.1 Å². The number of hydrogen-bond acceptors (Lipinski definition) is 7. The van der Waals surface area contributed by atoms with E-state index in [0.717, 1.165) is 6.54 Å². The lowest BCUT2D eigenvalue weighted by Crippen LogP contribution is -2.46. The summed E-state index contributed by atoms with van der Waals surface area (Å²) in [4.78, 5) is 37.2. The Morgan fingerprint density at radius 1 is 1.27 bits per heavy atom. The van der Waals surface area contributed by atoms with Crippen LogP contribution >= 0.6 is 0 Å². The predicted octanol–water partition coefficient (Wildman–Crippen LogP) is 3.56. The van der Waals surface area contributed by atoms with E-state index in [0.29, 0.717) is 54.9 Å². The summed E-state index contributed by atoms with van der Waals surface area (Å²) in [6, 6.07) is 5.35. The zero-order valence-electron chi connectivity index (χ0n) is 23.4. The topological polar surface area (TPSA) is 102 Å². The first-order valence-electron chi connectivity index (χ1n) is 13.4. The Balaban J connectivity index is 1.52. The van der Waals surface area contributed by atoms with Gasteiger partial charge in [0.25, 0.3) is 0 Å². The van der Waals surface area contributed by atoms with Crippen LogP contribution in [0.5, 0.6) is 0 Å². The van der Waals surface area contributed by atoms with Gasteiger partial charge in [0.1, 0.15) is 17.7 Å². The van der Waals surface area contributed by atoms with Crippen LogP contribution in [0.1, 0.15) is 31.2 Å². The van der Waals surface area contributed by atoms with Gasteiger partial charge in [-0.05, 0) is 57.5 Å². The molecule has 0 unspecified atom stereocenters. The van der Waals surface area contributed by atoms with Crippen molar-refractivity contribution in [1.29, 1.82) is 0 Å². The summed E-state index contributed by atoms with van der Waals surface area (Å²) < 4.78 is 13.5. The molecule has 0 bridgehead atoms. The molecule has 1 aliphatic carbocycles. The van der Waals surface area contributed by atoms with Crippen molar-refractivity contribution in [3.63, 3.8) is 0 Å². The minimum Gasteiger partial charge on any atom is -0.369 e. The number of hydrogen-bond donors (Lipinski definition) is 3. The monoisotopic (exact) mass is 547 g/mol. The third-order valence-corrected chi connectivity index (χ3v) is 6.11. The molecule has 0 saturated heterocycles. The molecule has 0 radical (unpaired) electrons. The molecule has 1 saturated carbocycles. The zero-order valence-corrected chi connectivity index (χ0v) is 23.4. The van der Waals surface area contributed by atoms with Crippen molar-refractivity contribution in [2.75, 3.05) is 51.4 Å². The number of rotatable bonds is 14. The fraction of sp³-hybridized carbons (Fsp3) is 0.400. The van der Waals surface area contributed by atoms with Crippen LogP contribution in [0.4, 0.5) is 21.8 Å². The minimum atomic E-state index is -0.764. The second kappa shape index (κ2) is 15.4. The summed E-state index contributed by atoms with van der Waals surface area (Å²) in [5, 5.41) is 9.24. The third kappa shape index (κ3) is 10.2. The Hall–Kier alpha value is -4.23. The maximum Gasteiger partial charge on any atom is 0.246 e. The molecule has 2 amide bonds. The molecule has 0 spiro atoms. The van der Waals surface area contributed by atoms with Gasteiger partial charge in [-0.3, -0.25) is 9.59 Å². The van der Waals surface area contributed by atoms with E-state index < -0.39 is 6.04 Å². The highest BCUT2D eigenvalue weighted by Gasteiger charge is 2.23. The minimum absolute atomic E-state index is 0.266. The Morgan fingerprint density at radius 3 is 2.77 bits per heavy atom. The number of nitrogens with one attached hydrogen (secondary N) is 3. The van der Waals surface area contributed by atoms with Gasteiger partial charge >= 0.3 is 0 Å². The summed E-state index contributed by atoms with van der Waals surface area (Å²) in [7, 11) is 5.40. The van der Waals surface area contributed by atoms with Gasteiger partial charge in [-0.25, -0.2) is 9.37 Å². The van der Waals surface area contributed by atoms with Gasteiger partial charge < -0.3 is 25.8 Å². The lowest BCUT2D eigenvalue weighted by molar-refractivity contribution is -0.133. The van der Waals surface area contributed by atoms with E-state index in [2.05, 4.69) is 44.3 Å². The van der Waals surface area contributed by atoms with E-state index >= 15 is 0 Å². The number of nitrogens with zero attached hydrogens (tertiary/aromatic N) is 4. The lowest BCUT2D eigenvalue weighted by Gasteiger charge is -2.23. The van der Waals surface area contributed by atoms with Gasteiger partial charge in [0, 0.05) is 44.9 Å². The van der Waals surface area contributed by atoms with E-state index in [1.807, 2.05) is 19.0 Å². The van der Waals surface area contributed by atoms with E-state index in [1.165, 1.54) is 42.0 Å². The molecule has 9 nitrogen and oxygen atoms in total. The number of aromatic nitrogens is 2. The van der Waals surface area contributed by atoms with Crippen molar-refractivity contribution < 1.29 is 14.0 Å². The van der Waals surface area contributed by atoms with Crippen LogP contribution in [0.25, 0.3) is 0 Å². The van der Waals surface area contributed by atoms with Crippen molar-refractivity contribution in [3.8, 4) is 11.8 Å². The van der Waals surface area contributed by atoms with Crippen LogP contribution in [0.2, 0.25) is 0 Å². The van der Waals surface area contributed by atoms with Crippen LogP contribution in [-0.4, -0.2) is 78.4 Å². The van der Waals surface area contributed by atoms with Gasteiger partial charge in [0.2, 0.25) is 17.8 Å². The molecule has 212 valence electrons. The van der Waals surface area contributed by atoms with Crippen LogP contribution in [0.15, 0.2) is 55.3 Å². The SMILES string of the molecule is C=C[C@@H](C(=O)NCCCC#Cc1cnc(Nc2cccc(F)c2)nc1NCC1CC1)N(C)C(=O)/C=C/CN(C)C. The van der Waals surface area contributed by atoms with Crippen molar-refractivity contribution in [3.05, 3.63) is 66.6 Å². The smallest absolute Gasteiger partial charge is 0.246 e. The highest BCUT2D eigenvalue weighted by atomic mass is 19.1. The number of amides is 2. The number of likely N-dealkylation sites (N-methyl/N-ethyl adjacent to an activating group) is 2. The molecule has 1 fully saturated rings. The summed E-state index contributed by atoms with van der Waals surface area (Å²) in [5.74, 6) is 6.97. The van der Waals surface area contributed by atoms with Gasteiger partial charge in [-0.2, -0.15) is 4.98 Å². The Labute approximate surface area is 235 Å². The van der Waals surface area contributed by atoms with Gasteiger partial charge in [0.15, 0.2) is 0 Å². The van der Waals surface area contributed by atoms with E-state index in [9.17, 15) is 14.0 Å². The van der Waals surface area contributed by atoms with Gasteiger partial charge in [-0.1, -0.05) is 30.1 Å². The molecular weight excluding hydrogens is 509 g/mol. The van der Waals surface area contributed by atoms with Crippen molar-refractivity contribution in [2.45, 2.75) is 31.7 Å². The molecule has 1 aromatic heterocycles. The number of carbonyl (C=O) groups excluding carboxylic acids is 2. The van der Waals surface area contributed by atoms with E-state index in [1.54, 1.807) is 31.5 Å². The summed E-state index contributed by atoms with van der Waals surface area (Å²) in [5.41, 5.74) is 1.23. The number of benzene rings is 1. The molecular formula is C30H38FN7O2. The molecule has 1 heterocycles. The first-order valence-corrected chi connectivity index (χ1v) is 13.4. The highest BCUT2D eigenvalue weighted by Crippen LogP contribution is 2.29. The second-order valence-corrected chi connectivity index (χ2v) is 9.91. The molecule has 1 aromatic carbocycles. The zero-order chi connectivity index (χ0) is 28.9. The van der Waals surface area contributed by atoms with Gasteiger partial charge in [0.05, 0.1) is 11.8 Å². The number of anilines is 3. The van der Waals surface area contributed by atoms with Crippen molar-refractivity contribution in [2.24, 2.45) is 5.92 Å². The average molecular weight is 548 g/mol. The fourth-order valence-electron chi connectivity index (χ4n) is 3.64. The lowest BCUT2D eigenvalue weighted by atomic mass is 10.2. The molecule has 0 aliphatic heterocycles. The summed E-state index contributed by atoms with van der Waals surface area (Å²) >= 11 is 0. The summed E-state index contributed by atoms with van der Waals surface area (Å²) in [6.45, 7) is 5.56. The average Bonchev–Trinajstić information content (AvgIpc) is 3.75. The van der Waals surface area contributed by atoms with Crippen LogP contribution < -0.4 is 16.0 Å². The Morgan fingerprint density at radius 2 is 2.08 bits per heavy atom. The van der Waals surface area contributed by atoms with Gasteiger partial charge in [-0.15, -0.1) is 6.58 Å². The summed E-state index contributed by atoms with van der Waals surface area (Å²) in [6.07, 6.45) is 9.89. The normalized spacial score (nSPS) is 13.3. The largest absolute Gasteiger partial charge is 0.369 e. The first kappa shape index (κ1) is 30.3. The maximum absolute atomic E-state index is 13.5. The standard InChI is InChI=1S/C30H38FN7O2/c1-5-26(38(4)27(39)14-10-18-37(2)3)29(40)32-17-8-6-7-11-23-21-34-30(35-25-13-9-12-24(31)19-25)36-28(23)33-20-22-15-16-22/h5,9-10,12-14,19,21-22,26H,1,6,8,15-18,20H2,2-4H3,(H,32,40)(H2,33,34,35,36)/b14-10+/t26-/m0/s1.